The molecule has 0 saturated carbocycles. The summed E-state index contributed by atoms with van der Waals surface area (Å²) in [6.07, 6.45) is 3.34. The lowest BCUT2D eigenvalue weighted by molar-refractivity contribution is -0.123. The first-order valence-corrected chi connectivity index (χ1v) is 10.6. The van der Waals surface area contributed by atoms with Gasteiger partial charge in [-0.3, -0.25) is 14.0 Å². The fourth-order valence-corrected chi connectivity index (χ4v) is 3.82. The first-order chi connectivity index (χ1) is 17.1. The molecule has 5 rings (SSSR count). The molecular formula is C24H20F3N5O4. The summed E-state index contributed by atoms with van der Waals surface area (Å²) >= 11 is 0. The van der Waals surface area contributed by atoms with Crippen molar-refractivity contribution in [1.82, 2.24) is 19.4 Å². The van der Waals surface area contributed by atoms with Gasteiger partial charge in [-0.1, -0.05) is 0 Å². The number of anilines is 1. The Bertz CT molecular complexity index is 1500. The molecule has 0 aliphatic carbocycles. The van der Waals surface area contributed by atoms with Gasteiger partial charge in [0, 0.05) is 18.0 Å². The largest absolute Gasteiger partial charge is 0.485 e. The number of hydrogen-bond donors (Lipinski definition) is 2. The summed E-state index contributed by atoms with van der Waals surface area (Å²) in [4.78, 5) is 34.1. The minimum Gasteiger partial charge on any atom is -0.485 e. The number of imidazole rings is 1. The smallest absolute Gasteiger partial charge is 0.290 e. The predicted molar refractivity (Wildman–Crippen MR) is 122 cm³/mol. The van der Waals surface area contributed by atoms with Gasteiger partial charge >= 0.3 is 0 Å². The third kappa shape index (κ3) is 4.10. The number of pyridine rings is 1. The van der Waals surface area contributed by atoms with Gasteiger partial charge in [-0.2, -0.15) is 0 Å². The van der Waals surface area contributed by atoms with Crippen molar-refractivity contribution in [2.45, 2.75) is 32.8 Å². The van der Waals surface area contributed by atoms with E-state index in [1.54, 1.807) is 49.7 Å². The zero-order valence-electron chi connectivity index (χ0n) is 19.3. The van der Waals surface area contributed by atoms with Gasteiger partial charge in [-0.25, -0.2) is 28.1 Å². The minimum absolute atomic E-state index is 0.161. The quantitative estimate of drug-likeness (QED) is 0.322. The van der Waals surface area contributed by atoms with Gasteiger partial charge in [0.05, 0.1) is 16.7 Å². The van der Waals surface area contributed by atoms with Crippen molar-refractivity contribution in [1.29, 1.82) is 0 Å². The zero-order valence-corrected chi connectivity index (χ0v) is 19.3. The van der Waals surface area contributed by atoms with Crippen molar-refractivity contribution >= 4 is 23.8 Å². The molecule has 0 fully saturated rings. The van der Waals surface area contributed by atoms with E-state index < -0.39 is 35.0 Å². The molecule has 1 amide bonds. The number of ether oxygens (including phenoxy) is 1. The zero-order chi connectivity index (χ0) is 26.2. The fourth-order valence-electron chi connectivity index (χ4n) is 3.82. The summed E-state index contributed by atoms with van der Waals surface area (Å²) < 4.78 is 48.8. The summed E-state index contributed by atoms with van der Waals surface area (Å²) in [5, 5.41) is 9.67. The number of fused-ring (bicyclic) bond motifs is 2. The number of aromatic nitrogens is 4. The molecule has 0 atom stereocenters. The Hall–Kier alpha value is -4.48. The molecule has 0 saturated heterocycles. The van der Waals surface area contributed by atoms with Gasteiger partial charge in [-0.05, 0) is 45.0 Å². The lowest BCUT2D eigenvalue weighted by Gasteiger charge is -2.13. The van der Waals surface area contributed by atoms with Crippen LogP contribution < -0.4 is 10.1 Å². The number of carboxylic acid groups (broad SMARTS) is 1. The van der Waals surface area contributed by atoms with Crippen molar-refractivity contribution in [2.75, 3.05) is 5.32 Å². The van der Waals surface area contributed by atoms with E-state index in [4.69, 9.17) is 14.6 Å². The molecule has 0 spiro atoms. The second-order valence-electron chi connectivity index (χ2n) is 8.36. The summed E-state index contributed by atoms with van der Waals surface area (Å²) in [5.41, 5.74) is 0.977. The maximum Gasteiger partial charge on any atom is 0.290 e. The standard InChI is InChI=1S/C23H18F3N5O2.CH2O2/c1-11-18(20-27-9-13-19(29-20)30-22(32)23(13,2)3)31-8-4-5-16(21(31)28-11)33-10-12-14(24)6-7-15(25)17(12)26;2-1-3/h4-9H,10H2,1-3H3,(H,27,29,30,32);1H,(H,2,3). The Morgan fingerprint density at radius 3 is 2.58 bits per heavy atom. The highest BCUT2D eigenvalue weighted by Gasteiger charge is 2.40. The maximum absolute atomic E-state index is 14.0. The van der Waals surface area contributed by atoms with Crippen LogP contribution in [0, 0.1) is 24.4 Å². The number of carbonyl (C=O) groups is 2. The van der Waals surface area contributed by atoms with E-state index in [0.717, 1.165) is 12.1 Å². The topological polar surface area (TPSA) is 119 Å². The molecule has 2 N–H and O–H groups in total. The van der Waals surface area contributed by atoms with Crippen molar-refractivity contribution in [3.8, 4) is 17.3 Å². The van der Waals surface area contributed by atoms with Gasteiger partial charge in [0.2, 0.25) is 5.91 Å². The van der Waals surface area contributed by atoms with E-state index in [-0.39, 0.29) is 18.1 Å². The van der Waals surface area contributed by atoms with Gasteiger partial charge < -0.3 is 15.2 Å². The molecule has 186 valence electrons. The van der Waals surface area contributed by atoms with E-state index in [2.05, 4.69) is 20.3 Å². The van der Waals surface area contributed by atoms with Crippen LogP contribution in [-0.2, 0) is 21.6 Å². The number of rotatable bonds is 4. The molecular weight excluding hydrogens is 479 g/mol. The second kappa shape index (κ2) is 9.29. The number of carbonyl (C=O) groups excluding carboxylic acids is 1. The van der Waals surface area contributed by atoms with Crippen molar-refractivity contribution in [2.24, 2.45) is 0 Å². The SMILES string of the molecule is Cc1nc2c(OCc3c(F)ccc(F)c3F)cccn2c1-c1ncc2c(n1)NC(=O)C2(C)C.O=CO. The van der Waals surface area contributed by atoms with E-state index >= 15 is 0 Å². The van der Waals surface area contributed by atoms with Crippen LogP contribution in [0.2, 0.25) is 0 Å². The van der Waals surface area contributed by atoms with Gasteiger partial charge in [0.25, 0.3) is 6.47 Å². The van der Waals surface area contributed by atoms with Gasteiger partial charge in [-0.15, -0.1) is 0 Å². The Labute approximate surface area is 202 Å². The summed E-state index contributed by atoms with van der Waals surface area (Å²) in [5.74, 6) is -2.49. The van der Waals surface area contributed by atoms with Crippen molar-refractivity contribution in [3.05, 3.63) is 70.9 Å². The first kappa shape index (κ1) is 24.6. The third-order valence-corrected chi connectivity index (χ3v) is 5.77. The Balaban J connectivity index is 0.000000967. The van der Waals surface area contributed by atoms with Crippen LogP contribution in [0.1, 0.15) is 30.7 Å². The molecule has 3 aromatic heterocycles. The van der Waals surface area contributed by atoms with Crippen LogP contribution in [0.3, 0.4) is 0 Å². The van der Waals surface area contributed by atoms with E-state index in [1.807, 2.05) is 0 Å². The molecule has 12 heteroatoms. The summed E-state index contributed by atoms with van der Waals surface area (Å²) in [6, 6.07) is 4.83. The van der Waals surface area contributed by atoms with E-state index in [9.17, 15) is 18.0 Å². The van der Waals surface area contributed by atoms with Crippen LogP contribution in [0.4, 0.5) is 19.0 Å². The number of benzene rings is 1. The number of nitrogens with one attached hydrogen (secondary N) is 1. The molecule has 4 aromatic rings. The normalized spacial score (nSPS) is 13.6. The number of hydrogen-bond acceptors (Lipinski definition) is 6. The Morgan fingerprint density at radius 2 is 1.86 bits per heavy atom. The van der Waals surface area contributed by atoms with Crippen LogP contribution in [0.25, 0.3) is 17.2 Å². The lowest BCUT2D eigenvalue weighted by atomic mass is 9.88. The molecule has 0 unspecified atom stereocenters. The highest BCUT2D eigenvalue weighted by atomic mass is 19.2. The molecule has 36 heavy (non-hydrogen) atoms. The Kier molecular flexibility index (Phi) is 6.35. The average molecular weight is 499 g/mol. The van der Waals surface area contributed by atoms with Crippen molar-refractivity contribution < 1.29 is 32.6 Å². The number of aryl methyl sites for hydroxylation is 1. The van der Waals surface area contributed by atoms with Gasteiger partial charge in [0.15, 0.2) is 28.9 Å². The van der Waals surface area contributed by atoms with E-state index in [1.165, 1.54) is 0 Å². The summed E-state index contributed by atoms with van der Waals surface area (Å²) in [7, 11) is 0. The Morgan fingerprint density at radius 1 is 1.17 bits per heavy atom. The molecule has 4 heterocycles. The van der Waals surface area contributed by atoms with Crippen LogP contribution in [-0.4, -0.2) is 36.8 Å². The number of halogens is 3. The minimum atomic E-state index is -1.29. The second-order valence-corrected chi connectivity index (χ2v) is 8.36. The maximum atomic E-state index is 14.0. The fraction of sp³-hybridized carbons (Fsp3) is 0.208. The van der Waals surface area contributed by atoms with Gasteiger partial charge in [0.1, 0.15) is 23.9 Å². The molecule has 0 bridgehead atoms. The molecule has 1 aromatic carbocycles. The monoisotopic (exact) mass is 499 g/mol. The first-order valence-electron chi connectivity index (χ1n) is 10.6. The molecule has 9 nitrogen and oxygen atoms in total. The number of nitrogens with zero attached hydrogens (tertiary/aromatic N) is 4. The average Bonchev–Trinajstić information content (AvgIpc) is 3.29. The molecule has 1 aliphatic rings. The summed E-state index contributed by atoms with van der Waals surface area (Å²) in [6.45, 7) is 4.58. The highest BCUT2D eigenvalue weighted by Crippen LogP contribution is 2.37. The number of amides is 1. The molecule has 0 radical (unpaired) electrons. The lowest BCUT2D eigenvalue weighted by Crippen LogP contribution is -2.26. The highest BCUT2D eigenvalue weighted by molar-refractivity contribution is 6.04. The molecule has 1 aliphatic heterocycles. The van der Waals surface area contributed by atoms with Crippen molar-refractivity contribution in [3.63, 3.8) is 0 Å². The van der Waals surface area contributed by atoms with Crippen LogP contribution in [0.5, 0.6) is 5.75 Å². The third-order valence-electron chi connectivity index (χ3n) is 5.77. The van der Waals surface area contributed by atoms with E-state index in [0.29, 0.717) is 34.2 Å². The van der Waals surface area contributed by atoms with Crippen LogP contribution in [0.15, 0.2) is 36.7 Å². The van der Waals surface area contributed by atoms with Crippen LogP contribution >= 0.6 is 0 Å². The predicted octanol–water partition coefficient (Wildman–Crippen LogP) is 4.03.